The van der Waals surface area contributed by atoms with Gasteiger partial charge in [0.15, 0.2) is 0 Å². The third kappa shape index (κ3) is 3.21. The van der Waals surface area contributed by atoms with Crippen molar-refractivity contribution in [1.82, 2.24) is 4.90 Å². The summed E-state index contributed by atoms with van der Waals surface area (Å²) in [6, 6.07) is 0.460. The lowest BCUT2D eigenvalue weighted by Gasteiger charge is -2.31. The molecule has 2 aliphatic rings. The number of ether oxygens (including phenoxy) is 1. The van der Waals surface area contributed by atoms with Crippen LogP contribution in [0.5, 0.6) is 0 Å². The van der Waals surface area contributed by atoms with E-state index in [1.807, 2.05) is 0 Å². The molecule has 2 aliphatic heterocycles. The first-order valence-electron chi connectivity index (χ1n) is 7.34. The molecule has 100 valence electrons. The van der Waals surface area contributed by atoms with Crippen LogP contribution in [0.2, 0.25) is 0 Å². The molecule has 2 heterocycles. The first-order valence-corrected chi connectivity index (χ1v) is 7.34. The van der Waals surface area contributed by atoms with Gasteiger partial charge in [-0.2, -0.15) is 0 Å². The molecule has 4 unspecified atom stereocenters. The van der Waals surface area contributed by atoms with Crippen molar-refractivity contribution in [3.8, 4) is 0 Å². The maximum absolute atomic E-state index is 6.00. The molecule has 0 aromatic heterocycles. The minimum Gasteiger partial charge on any atom is -0.374 e. The van der Waals surface area contributed by atoms with Gasteiger partial charge in [0, 0.05) is 19.1 Å². The van der Waals surface area contributed by atoms with E-state index in [2.05, 4.69) is 18.7 Å². The largest absolute Gasteiger partial charge is 0.374 e. The van der Waals surface area contributed by atoms with Crippen LogP contribution >= 0.6 is 0 Å². The maximum Gasteiger partial charge on any atom is 0.0747 e. The SMILES string of the molecule is CCCC1CCN(C(CN)C2CCC(C)O2)C1. The molecule has 2 fully saturated rings. The Morgan fingerprint density at radius 1 is 1.35 bits per heavy atom. The summed E-state index contributed by atoms with van der Waals surface area (Å²) < 4.78 is 6.00. The smallest absolute Gasteiger partial charge is 0.0747 e. The Morgan fingerprint density at radius 2 is 2.18 bits per heavy atom. The molecule has 0 aromatic rings. The van der Waals surface area contributed by atoms with E-state index in [9.17, 15) is 0 Å². The summed E-state index contributed by atoms with van der Waals surface area (Å²) in [5.74, 6) is 0.896. The van der Waals surface area contributed by atoms with E-state index in [0.29, 0.717) is 18.2 Å². The Labute approximate surface area is 106 Å². The fourth-order valence-corrected chi connectivity index (χ4v) is 3.46. The van der Waals surface area contributed by atoms with Gasteiger partial charge in [-0.25, -0.2) is 0 Å². The second-order valence-electron chi connectivity index (χ2n) is 5.80. The van der Waals surface area contributed by atoms with Gasteiger partial charge in [0.2, 0.25) is 0 Å². The fraction of sp³-hybridized carbons (Fsp3) is 1.00. The summed E-state index contributed by atoms with van der Waals surface area (Å²) in [5, 5.41) is 0. The molecular formula is C14H28N2O. The molecule has 2 rings (SSSR count). The van der Waals surface area contributed by atoms with E-state index < -0.39 is 0 Å². The Bertz CT molecular complexity index is 234. The summed E-state index contributed by atoms with van der Waals surface area (Å²) in [5.41, 5.74) is 5.98. The fourth-order valence-electron chi connectivity index (χ4n) is 3.46. The first-order chi connectivity index (χ1) is 8.24. The van der Waals surface area contributed by atoms with Gasteiger partial charge < -0.3 is 10.5 Å². The van der Waals surface area contributed by atoms with Gasteiger partial charge >= 0.3 is 0 Å². The van der Waals surface area contributed by atoms with Crippen LogP contribution in [-0.2, 0) is 4.74 Å². The second kappa shape index (κ2) is 6.17. The maximum atomic E-state index is 6.00. The van der Waals surface area contributed by atoms with Crippen LogP contribution in [0.4, 0.5) is 0 Å². The van der Waals surface area contributed by atoms with Crippen molar-refractivity contribution in [1.29, 1.82) is 0 Å². The van der Waals surface area contributed by atoms with Crippen molar-refractivity contribution in [2.75, 3.05) is 19.6 Å². The first kappa shape index (κ1) is 13.3. The lowest BCUT2D eigenvalue weighted by atomic mass is 10.0. The Hall–Kier alpha value is -0.120. The molecule has 2 saturated heterocycles. The monoisotopic (exact) mass is 240 g/mol. The van der Waals surface area contributed by atoms with Crippen LogP contribution in [-0.4, -0.2) is 42.8 Å². The number of nitrogens with two attached hydrogens (primary N) is 1. The van der Waals surface area contributed by atoms with Crippen LogP contribution in [0, 0.1) is 5.92 Å². The highest BCUT2D eigenvalue weighted by molar-refractivity contribution is 4.89. The van der Waals surface area contributed by atoms with Gasteiger partial charge in [0.1, 0.15) is 0 Å². The minimum atomic E-state index is 0.385. The number of likely N-dealkylation sites (tertiary alicyclic amines) is 1. The van der Waals surface area contributed by atoms with Crippen LogP contribution in [0.15, 0.2) is 0 Å². The topological polar surface area (TPSA) is 38.5 Å². The third-order valence-corrected chi connectivity index (χ3v) is 4.42. The summed E-state index contributed by atoms with van der Waals surface area (Å²) >= 11 is 0. The third-order valence-electron chi connectivity index (χ3n) is 4.42. The molecule has 3 heteroatoms. The molecule has 2 N–H and O–H groups in total. The van der Waals surface area contributed by atoms with E-state index in [1.54, 1.807) is 0 Å². The van der Waals surface area contributed by atoms with Crippen molar-refractivity contribution >= 4 is 0 Å². The second-order valence-corrected chi connectivity index (χ2v) is 5.80. The van der Waals surface area contributed by atoms with Crippen LogP contribution in [0.1, 0.15) is 46.0 Å². The standard InChI is InChI=1S/C14H28N2O/c1-3-4-12-7-8-16(10-12)13(9-15)14-6-5-11(2)17-14/h11-14H,3-10,15H2,1-2H3. The molecule has 4 atom stereocenters. The molecular weight excluding hydrogens is 212 g/mol. The highest BCUT2D eigenvalue weighted by Gasteiger charge is 2.35. The van der Waals surface area contributed by atoms with E-state index in [-0.39, 0.29) is 0 Å². The molecule has 17 heavy (non-hydrogen) atoms. The average Bonchev–Trinajstić information content (AvgIpc) is 2.91. The molecule has 3 nitrogen and oxygen atoms in total. The van der Waals surface area contributed by atoms with Crippen molar-refractivity contribution in [2.45, 2.75) is 64.2 Å². The molecule has 0 saturated carbocycles. The molecule has 0 radical (unpaired) electrons. The highest BCUT2D eigenvalue weighted by Crippen LogP contribution is 2.29. The number of hydrogen-bond donors (Lipinski definition) is 1. The van der Waals surface area contributed by atoms with Gasteiger partial charge in [-0.05, 0) is 45.1 Å². The van der Waals surface area contributed by atoms with Gasteiger partial charge in [-0.1, -0.05) is 13.3 Å². The van der Waals surface area contributed by atoms with Crippen LogP contribution < -0.4 is 5.73 Å². The average molecular weight is 240 g/mol. The van der Waals surface area contributed by atoms with Gasteiger partial charge in [0.25, 0.3) is 0 Å². The zero-order valence-electron chi connectivity index (χ0n) is 11.4. The van der Waals surface area contributed by atoms with Crippen LogP contribution in [0.3, 0.4) is 0 Å². The molecule has 0 aromatic carbocycles. The lowest BCUT2D eigenvalue weighted by molar-refractivity contribution is 0.00115. The Morgan fingerprint density at radius 3 is 2.76 bits per heavy atom. The molecule has 0 amide bonds. The molecule has 0 bridgehead atoms. The van der Waals surface area contributed by atoms with Crippen molar-refractivity contribution in [2.24, 2.45) is 11.7 Å². The predicted molar refractivity (Wildman–Crippen MR) is 71.0 cm³/mol. The summed E-state index contributed by atoms with van der Waals surface area (Å²) in [6.07, 6.45) is 7.25. The van der Waals surface area contributed by atoms with E-state index >= 15 is 0 Å². The van der Waals surface area contributed by atoms with Gasteiger partial charge in [0.05, 0.1) is 12.2 Å². The zero-order valence-corrected chi connectivity index (χ0v) is 11.4. The number of nitrogens with zero attached hydrogens (tertiary/aromatic N) is 1. The number of rotatable bonds is 5. The minimum absolute atomic E-state index is 0.385. The van der Waals surface area contributed by atoms with Gasteiger partial charge in [-0.15, -0.1) is 0 Å². The summed E-state index contributed by atoms with van der Waals surface area (Å²) in [4.78, 5) is 2.59. The quantitative estimate of drug-likeness (QED) is 0.799. The van der Waals surface area contributed by atoms with Crippen molar-refractivity contribution in [3.05, 3.63) is 0 Å². The Balaban J connectivity index is 1.86. The Kier molecular flexibility index (Phi) is 4.83. The molecule has 0 aliphatic carbocycles. The normalized spacial score (nSPS) is 36.5. The number of hydrogen-bond acceptors (Lipinski definition) is 3. The summed E-state index contributed by atoms with van der Waals surface area (Å²) in [7, 11) is 0. The van der Waals surface area contributed by atoms with E-state index in [4.69, 9.17) is 10.5 Å². The van der Waals surface area contributed by atoms with Crippen molar-refractivity contribution < 1.29 is 4.74 Å². The predicted octanol–water partition coefficient (Wildman–Crippen LogP) is 2.00. The zero-order chi connectivity index (χ0) is 12.3. The molecule has 0 spiro atoms. The van der Waals surface area contributed by atoms with E-state index in [1.165, 1.54) is 45.2 Å². The van der Waals surface area contributed by atoms with Crippen molar-refractivity contribution in [3.63, 3.8) is 0 Å². The highest BCUT2D eigenvalue weighted by atomic mass is 16.5. The lowest BCUT2D eigenvalue weighted by Crippen LogP contribution is -2.47. The van der Waals surface area contributed by atoms with E-state index in [0.717, 1.165) is 12.5 Å². The summed E-state index contributed by atoms with van der Waals surface area (Å²) in [6.45, 7) is 7.67. The van der Waals surface area contributed by atoms with Gasteiger partial charge in [-0.3, -0.25) is 4.90 Å². The van der Waals surface area contributed by atoms with Crippen LogP contribution in [0.25, 0.3) is 0 Å².